The van der Waals surface area contributed by atoms with Crippen LogP contribution in [0.4, 0.5) is 5.69 Å². The Kier molecular flexibility index (Phi) is 6.98. The minimum Gasteiger partial charge on any atom is -0.369 e. The van der Waals surface area contributed by atoms with Gasteiger partial charge in [0.25, 0.3) is 5.91 Å². The number of nitrogens with zero attached hydrogens (tertiary/aromatic N) is 2. The van der Waals surface area contributed by atoms with Gasteiger partial charge in [-0.25, -0.2) is 8.42 Å². The molecule has 3 rings (SSSR count). The third kappa shape index (κ3) is 5.47. The molecule has 0 aromatic heterocycles. The molecule has 150 valence electrons. The zero-order valence-corrected chi connectivity index (χ0v) is 18.3. The molecule has 1 heterocycles. The number of anilines is 1. The summed E-state index contributed by atoms with van der Waals surface area (Å²) in [4.78, 5) is 14.3. The Balaban J connectivity index is 1.49. The molecule has 0 spiro atoms. The van der Waals surface area contributed by atoms with E-state index in [4.69, 9.17) is 11.6 Å². The second-order valence-electron chi connectivity index (χ2n) is 6.44. The molecule has 0 saturated carbocycles. The first-order valence-electron chi connectivity index (χ1n) is 8.87. The predicted molar refractivity (Wildman–Crippen MR) is 116 cm³/mol. The molecule has 1 saturated heterocycles. The maximum absolute atomic E-state index is 12.6. The highest BCUT2D eigenvalue weighted by atomic mass is 79.9. The molecule has 1 aliphatic rings. The largest absolute Gasteiger partial charge is 0.369 e. The van der Waals surface area contributed by atoms with Crippen molar-refractivity contribution in [3.63, 3.8) is 0 Å². The van der Waals surface area contributed by atoms with E-state index in [2.05, 4.69) is 26.1 Å². The maximum Gasteiger partial charge on any atom is 0.251 e. The Morgan fingerprint density at radius 1 is 1.07 bits per heavy atom. The summed E-state index contributed by atoms with van der Waals surface area (Å²) >= 11 is 9.23. The fourth-order valence-corrected chi connectivity index (χ4v) is 4.89. The van der Waals surface area contributed by atoms with E-state index in [1.54, 1.807) is 18.2 Å². The summed E-state index contributed by atoms with van der Waals surface area (Å²) in [7, 11) is -3.42. The molecule has 28 heavy (non-hydrogen) atoms. The van der Waals surface area contributed by atoms with E-state index < -0.39 is 10.0 Å². The molecule has 1 N–H and O–H groups in total. The lowest BCUT2D eigenvalue weighted by atomic mass is 10.2. The molecule has 9 heteroatoms. The van der Waals surface area contributed by atoms with Crippen LogP contribution in [0.2, 0.25) is 5.02 Å². The summed E-state index contributed by atoms with van der Waals surface area (Å²) in [5.74, 6) is -0.405. The topological polar surface area (TPSA) is 69.7 Å². The van der Waals surface area contributed by atoms with Crippen LogP contribution in [-0.4, -0.2) is 57.1 Å². The Morgan fingerprint density at radius 3 is 2.39 bits per heavy atom. The van der Waals surface area contributed by atoms with Gasteiger partial charge >= 0.3 is 0 Å². The lowest BCUT2D eigenvalue weighted by Crippen LogP contribution is -2.50. The average molecular weight is 487 g/mol. The van der Waals surface area contributed by atoms with Crippen molar-refractivity contribution < 1.29 is 13.2 Å². The van der Waals surface area contributed by atoms with E-state index in [9.17, 15) is 13.2 Å². The minimum atomic E-state index is -3.42. The molecule has 1 amide bonds. The molecule has 2 aromatic carbocycles. The normalized spacial score (nSPS) is 15.4. The van der Waals surface area contributed by atoms with E-state index in [-0.39, 0.29) is 18.2 Å². The van der Waals surface area contributed by atoms with Crippen molar-refractivity contribution in [3.8, 4) is 0 Å². The molecular weight excluding hydrogens is 466 g/mol. The second-order valence-corrected chi connectivity index (χ2v) is 9.89. The van der Waals surface area contributed by atoms with Crippen LogP contribution >= 0.6 is 27.5 Å². The van der Waals surface area contributed by atoms with Crippen molar-refractivity contribution in [1.82, 2.24) is 9.62 Å². The highest BCUT2D eigenvalue weighted by Crippen LogP contribution is 2.20. The van der Waals surface area contributed by atoms with Gasteiger partial charge in [0.1, 0.15) is 0 Å². The molecule has 0 bridgehead atoms. The van der Waals surface area contributed by atoms with Gasteiger partial charge in [0, 0.05) is 53.5 Å². The number of hydrogen-bond donors (Lipinski definition) is 1. The van der Waals surface area contributed by atoms with Gasteiger partial charge < -0.3 is 10.2 Å². The number of amides is 1. The van der Waals surface area contributed by atoms with Gasteiger partial charge in [-0.05, 0) is 42.5 Å². The fraction of sp³-hybridized carbons (Fsp3) is 0.316. The second kappa shape index (κ2) is 9.26. The lowest BCUT2D eigenvalue weighted by molar-refractivity contribution is 0.0956. The number of benzene rings is 2. The molecule has 0 unspecified atom stereocenters. The van der Waals surface area contributed by atoms with Crippen molar-refractivity contribution in [2.45, 2.75) is 0 Å². The highest BCUT2D eigenvalue weighted by Gasteiger charge is 2.26. The number of rotatable bonds is 6. The van der Waals surface area contributed by atoms with Crippen molar-refractivity contribution in [1.29, 1.82) is 0 Å². The number of piperazine rings is 1. The SMILES string of the molecule is O=C(NCCS(=O)(=O)N1CCN(c2ccc(Cl)cc2)CC1)c1cccc(Br)c1. The van der Waals surface area contributed by atoms with Gasteiger partial charge in [0.15, 0.2) is 0 Å². The number of sulfonamides is 1. The zero-order valence-electron chi connectivity index (χ0n) is 15.1. The molecular formula is C19H21BrClN3O3S. The van der Waals surface area contributed by atoms with Gasteiger partial charge in [-0.2, -0.15) is 4.31 Å². The lowest BCUT2D eigenvalue weighted by Gasteiger charge is -2.35. The summed E-state index contributed by atoms with van der Waals surface area (Å²) in [6, 6.07) is 14.5. The average Bonchev–Trinajstić information content (AvgIpc) is 2.68. The quantitative estimate of drug-likeness (QED) is 0.681. The van der Waals surface area contributed by atoms with Gasteiger partial charge in [0.05, 0.1) is 5.75 Å². The predicted octanol–water partition coefficient (Wildman–Crippen LogP) is 2.98. The molecule has 0 radical (unpaired) electrons. The van der Waals surface area contributed by atoms with E-state index >= 15 is 0 Å². The van der Waals surface area contributed by atoms with Crippen LogP contribution in [-0.2, 0) is 10.0 Å². The number of halogens is 2. The summed E-state index contributed by atoms with van der Waals surface area (Å²) in [6.45, 7) is 2.15. The molecule has 0 atom stereocenters. The summed E-state index contributed by atoms with van der Waals surface area (Å²) in [5, 5.41) is 3.35. The molecule has 1 fully saturated rings. The minimum absolute atomic E-state index is 0.0745. The number of carbonyl (C=O) groups excluding carboxylic acids is 1. The zero-order chi connectivity index (χ0) is 20.1. The van der Waals surface area contributed by atoms with Crippen molar-refractivity contribution in [2.75, 3.05) is 43.4 Å². The van der Waals surface area contributed by atoms with Crippen LogP contribution in [0.5, 0.6) is 0 Å². The van der Waals surface area contributed by atoms with Gasteiger partial charge in [-0.3, -0.25) is 4.79 Å². The Labute approximate surface area is 178 Å². The Hall–Kier alpha value is -1.61. The van der Waals surface area contributed by atoms with Crippen LogP contribution in [0.1, 0.15) is 10.4 Å². The van der Waals surface area contributed by atoms with Crippen molar-refractivity contribution >= 4 is 49.1 Å². The van der Waals surface area contributed by atoms with Crippen LogP contribution < -0.4 is 10.2 Å². The van der Waals surface area contributed by atoms with Gasteiger partial charge in [-0.15, -0.1) is 0 Å². The van der Waals surface area contributed by atoms with Crippen LogP contribution in [0, 0.1) is 0 Å². The van der Waals surface area contributed by atoms with Crippen LogP contribution in [0.25, 0.3) is 0 Å². The standard InChI is InChI=1S/C19H21BrClN3O3S/c20-16-3-1-2-15(14-16)19(25)22-8-13-28(26,27)24-11-9-23(10-12-24)18-6-4-17(21)5-7-18/h1-7,14H,8-13H2,(H,22,25). The number of nitrogens with one attached hydrogen (secondary N) is 1. The smallest absolute Gasteiger partial charge is 0.251 e. The monoisotopic (exact) mass is 485 g/mol. The van der Waals surface area contributed by atoms with Gasteiger partial charge in [-0.1, -0.05) is 33.6 Å². The Morgan fingerprint density at radius 2 is 1.75 bits per heavy atom. The van der Waals surface area contributed by atoms with Crippen LogP contribution in [0.15, 0.2) is 53.0 Å². The van der Waals surface area contributed by atoms with E-state index in [1.165, 1.54) is 4.31 Å². The maximum atomic E-state index is 12.6. The molecule has 2 aromatic rings. The third-order valence-corrected chi connectivity index (χ3v) is 7.17. The molecule has 6 nitrogen and oxygen atoms in total. The van der Waals surface area contributed by atoms with Crippen LogP contribution in [0.3, 0.4) is 0 Å². The molecule has 1 aliphatic heterocycles. The fourth-order valence-electron chi connectivity index (χ4n) is 3.03. The summed E-state index contributed by atoms with van der Waals surface area (Å²) < 4.78 is 27.4. The van der Waals surface area contributed by atoms with E-state index in [0.717, 1.165) is 10.2 Å². The third-order valence-electron chi connectivity index (χ3n) is 4.56. The van der Waals surface area contributed by atoms with E-state index in [0.29, 0.717) is 36.8 Å². The first-order valence-corrected chi connectivity index (χ1v) is 11.7. The Bertz CT molecular complexity index is 930. The van der Waals surface area contributed by atoms with Crippen molar-refractivity contribution in [2.24, 2.45) is 0 Å². The van der Waals surface area contributed by atoms with E-state index in [1.807, 2.05) is 30.3 Å². The van der Waals surface area contributed by atoms with Crippen molar-refractivity contribution in [3.05, 3.63) is 63.6 Å². The first-order chi connectivity index (χ1) is 13.3. The number of carbonyl (C=O) groups is 1. The summed E-state index contributed by atoms with van der Waals surface area (Å²) in [6.07, 6.45) is 0. The number of hydrogen-bond acceptors (Lipinski definition) is 4. The summed E-state index contributed by atoms with van der Waals surface area (Å²) in [5.41, 5.74) is 1.52. The van der Waals surface area contributed by atoms with Gasteiger partial charge in [0.2, 0.25) is 10.0 Å². The molecule has 0 aliphatic carbocycles. The highest BCUT2D eigenvalue weighted by molar-refractivity contribution is 9.10. The first kappa shape index (κ1) is 21.1.